The topological polar surface area (TPSA) is 38.3 Å². The molecule has 0 unspecified atom stereocenters. The van der Waals surface area contributed by atoms with E-state index in [2.05, 4.69) is 18.5 Å². The number of nitrogens with one attached hydrogen (secondary N) is 1. The second kappa shape index (κ2) is 6.94. The van der Waals surface area contributed by atoms with Crippen molar-refractivity contribution in [2.45, 2.75) is 38.2 Å². The maximum absolute atomic E-state index is 11.8. The predicted molar refractivity (Wildman–Crippen MR) is 82.6 cm³/mol. The van der Waals surface area contributed by atoms with Gasteiger partial charge in [-0.05, 0) is 49.0 Å². The van der Waals surface area contributed by atoms with E-state index in [-0.39, 0.29) is 12.2 Å². The summed E-state index contributed by atoms with van der Waals surface area (Å²) in [6.45, 7) is 7.56. The lowest BCUT2D eigenvalue weighted by molar-refractivity contribution is 0.0865. The third-order valence-corrected chi connectivity index (χ3v) is 3.57. The molecule has 1 fully saturated rings. The first-order chi connectivity index (χ1) is 9.69. The van der Waals surface area contributed by atoms with Crippen molar-refractivity contribution in [3.05, 3.63) is 49.1 Å². The zero-order valence-electron chi connectivity index (χ0n) is 11.7. The van der Waals surface area contributed by atoms with E-state index >= 15 is 0 Å². The predicted octanol–water partition coefficient (Wildman–Crippen LogP) is 4.77. The molecular weight excluding hydrogens is 250 g/mol. The molecule has 0 radical (unpaired) electrons. The van der Waals surface area contributed by atoms with E-state index in [4.69, 9.17) is 4.74 Å². The highest BCUT2D eigenvalue weighted by atomic mass is 16.6. The monoisotopic (exact) mass is 271 g/mol. The molecule has 0 atom stereocenters. The molecule has 1 aliphatic carbocycles. The number of allylic oxidation sites excluding steroid dienone is 2. The molecular formula is C17H21NO2. The number of carbonyl (C=O) groups is 1. The van der Waals surface area contributed by atoms with Gasteiger partial charge in [-0.15, -0.1) is 0 Å². The molecule has 106 valence electrons. The Morgan fingerprint density at radius 3 is 2.45 bits per heavy atom. The Labute approximate surface area is 120 Å². The van der Waals surface area contributed by atoms with E-state index in [1.54, 1.807) is 6.08 Å². The van der Waals surface area contributed by atoms with E-state index in [1.165, 1.54) is 6.42 Å². The van der Waals surface area contributed by atoms with Crippen LogP contribution in [0.3, 0.4) is 0 Å². The lowest BCUT2D eigenvalue weighted by Crippen LogP contribution is -2.24. The van der Waals surface area contributed by atoms with Gasteiger partial charge in [-0.2, -0.15) is 0 Å². The molecule has 0 heterocycles. The normalized spacial score (nSPS) is 15.4. The van der Waals surface area contributed by atoms with Crippen LogP contribution in [-0.4, -0.2) is 12.2 Å². The van der Waals surface area contributed by atoms with Crippen LogP contribution in [0.5, 0.6) is 0 Å². The van der Waals surface area contributed by atoms with Crippen molar-refractivity contribution in [3.63, 3.8) is 0 Å². The molecule has 20 heavy (non-hydrogen) atoms. The van der Waals surface area contributed by atoms with Crippen molar-refractivity contribution in [2.75, 3.05) is 5.32 Å². The average Bonchev–Trinajstić information content (AvgIpc) is 2.48. The Morgan fingerprint density at radius 2 is 1.85 bits per heavy atom. The Kier molecular flexibility index (Phi) is 4.99. The standard InChI is InChI=1S/C17H21NO2/c1-3-13(2)14-9-11-15(12-10-14)18-17(19)20-16-7-5-4-6-8-16/h3,9-12,16H,1-2,4-8H2,(H,18,19). The van der Waals surface area contributed by atoms with E-state index in [9.17, 15) is 4.79 Å². The van der Waals surface area contributed by atoms with Gasteiger partial charge in [0.05, 0.1) is 0 Å². The smallest absolute Gasteiger partial charge is 0.411 e. The van der Waals surface area contributed by atoms with E-state index in [1.807, 2.05) is 24.3 Å². The van der Waals surface area contributed by atoms with Gasteiger partial charge < -0.3 is 4.74 Å². The summed E-state index contributed by atoms with van der Waals surface area (Å²) in [7, 11) is 0. The summed E-state index contributed by atoms with van der Waals surface area (Å²) in [6.07, 6.45) is 6.91. The number of amides is 1. The van der Waals surface area contributed by atoms with Gasteiger partial charge >= 0.3 is 6.09 Å². The minimum absolute atomic E-state index is 0.0727. The molecule has 1 N–H and O–H groups in total. The Balaban J connectivity index is 1.87. The van der Waals surface area contributed by atoms with Gasteiger partial charge in [0, 0.05) is 5.69 Å². The first-order valence-electron chi connectivity index (χ1n) is 7.08. The van der Waals surface area contributed by atoms with Crippen LogP contribution in [0.4, 0.5) is 10.5 Å². The molecule has 0 bridgehead atoms. The fourth-order valence-corrected chi connectivity index (χ4v) is 2.37. The second-order valence-electron chi connectivity index (χ2n) is 5.10. The SMILES string of the molecule is C=CC(=C)c1ccc(NC(=O)OC2CCCCC2)cc1. The minimum atomic E-state index is -0.368. The van der Waals surface area contributed by atoms with Crippen LogP contribution in [0.25, 0.3) is 5.57 Å². The molecule has 1 saturated carbocycles. The Hall–Kier alpha value is -2.03. The third-order valence-electron chi connectivity index (χ3n) is 3.57. The minimum Gasteiger partial charge on any atom is -0.446 e. The molecule has 1 amide bonds. The van der Waals surface area contributed by atoms with Crippen LogP contribution in [0.15, 0.2) is 43.5 Å². The maximum atomic E-state index is 11.8. The summed E-state index contributed by atoms with van der Waals surface area (Å²) in [5, 5.41) is 2.76. The average molecular weight is 271 g/mol. The summed E-state index contributed by atoms with van der Waals surface area (Å²) in [4.78, 5) is 11.8. The quantitative estimate of drug-likeness (QED) is 0.801. The first kappa shape index (κ1) is 14.4. The fourth-order valence-electron chi connectivity index (χ4n) is 2.37. The van der Waals surface area contributed by atoms with Crippen LogP contribution < -0.4 is 5.32 Å². The number of hydrogen-bond donors (Lipinski definition) is 1. The van der Waals surface area contributed by atoms with Crippen molar-refractivity contribution < 1.29 is 9.53 Å². The van der Waals surface area contributed by atoms with Gasteiger partial charge in [-0.1, -0.05) is 37.8 Å². The van der Waals surface area contributed by atoms with Crippen LogP contribution in [0.1, 0.15) is 37.7 Å². The zero-order valence-corrected chi connectivity index (χ0v) is 11.7. The highest BCUT2D eigenvalue weighted by Crippen LogP contribution is 2.21. The molecule has 0 spiro atoms. The number of rotatable bonds is 4. The van der Waals surface area contributed by atoms with Crippen molar-refractivity contribution in [3.8, 4) is 0 Å². The number of carbonyl (C=O) groups excluding carboxylic acids is 1. The molecule has 2 rings (SSSR count). The first-order valence-corrected chi connectivity index (χ1v) is 7.08. The van der Waals surface area contributed by atoms with Crippen LogP contribution in [-0.2, 0) is 4.74 Å². The Bertz CT molecular complexity index is 484. The summed E-state index contributed by atoms with van der Waals surface area (Å²) < 4.78 is 5.41. The summed E-state index contributed by atoms with van der Waals surface area (Å²) in [5.41, 5.74) is 2.58. The van der Waals surface area contributed by atoms with Crippen LogP contribution in [0, 0.1) is 0 Å². The zero-order chi connectivity index (χ0) is 14.4. The van der Waals surface area contributed by atoms with Gasteiger partial charge in [0.2, 0.25) is 0 Å². The number of anilines is 1. The van der Waals surface area contributed by atoms with E-state index < -0.39 is 0 Å². The summed E-state index contributed by atoms with van der Waals surface area (Å²) in [6, 6.07) is 7.48. The maximum Gasteiger partial charge on any atom is 0.411 e. The molecule has 1 aromatic carbocycles. The van der Waals surface area contributed by atoms with Gasteiger partial charge in [-0.25, -0.2) is 4.79 Å². The molecule has 0 saturated heterocycles. The van der Waals surface area contributed by atoms with Gasteiger partial charge in [0.25, 0.3) is 0 Å². The molecule has 3 heteroatoms. The highest BCUT2D eigenvalue weighted by Gasteiger charge is 2.17. The molecule has 0 aliphatic heterocycles. The summed E-state index contributed by atoms with van der Waals surface area (Å²) in [5.74, 6) is 0. The lowest BCUT2D eigenvalue weighted by atomic mass is 9.98. The second-order valence-corrected chi connectivity index (χ2v) is 5.10. The fraction of sp³-hybridized carbons (Fsp3) is 0.353. The number of ether oxygens (including phenoxy) is 1. The van der Waals surface area contributed by atoms with Crippen molar-refractivity contribution in [2.24, 2.45) is 0 Å². The number of hydrogen-bond acceptors (Lipinski definition) is 2. The largest absolute Gasteiger partial charge is 0.446 e. The van der Waals surface area contributed by atoms with Gasteiger partial charge in [-0.3, -0.25) is 5.32 Å². The molecule has 1 aliphatic rings. The van der Waals surface area contributed by atoms with Crippen molar-refractivity contribution in [1.82, 2.24) is 0 Å². The number of benzene rings is 1. The highest BCUT2D eigenvalue weighted by molar-refractivity contribution is 5.85. The van der Waals surface area contributed by atoms with Crippen molar-refractivity contribution in [1.29, 1.82) is 0 Å². The lowest BCUT2D eigenvalue weighted by Gasteiger charge is -2.21. The summed E-state index contributed by atoms with van der Waals surface area (Å²) >= 11 is 0. The van der Waals surface area contributed by atoms with Gasteiger partial charge in [0.15, 0.2) is 0 Å². The van der Waals surface area contributed by atoms with Crippen molar-refractivity contribution >= 4 is 17.4 Å². The third kappa shape index (κ3) is 3.98. The van der Waals surface area contributed by atoms with Crippen LogP contribution in [0.2, 0.25) is 0 Å². The molecule has 1 aromatic rings. The Morgan fingerprint density at radius 1 is 1.20 bits per heavy atom. The van der Waals surface area contributed by atoms with Gasteiger partial charge in [0.1, 0.15) is 6.10 Å². The van der Waals surface area contributed by atoms with Crippen LogP contribution >= 0.6 is 0 Å². The van der Waals surface area contributed by atoms with E-state index in [0.29, 0.717) is 0 Å². The van der Waals surface area contributed by atoms with E-state index in [0.717, 1.165) is 42.5 Å². The molecule has 3 nitrogen and oxygen atoms in total. The molecule has 0 aromatic heterocycles.